The molecule has 3 aliphatic carbocycles. The SMILES string of the molecule is CCCCOc1cncc2c1C(O)=C1C(=O)[C@]3(O[Si](C)(C)C(C)(C)C)C(=O)c4c(OCCCC)noc4C(N(C)C)[C@@H]3C[C@]1(C)C2. The van der Waals surface area contributed by atoms with E-state index in [1.165, 1.54) is 0 Å². The summed E-state index contributed by atoms with van der Waals surface area (Å²) in [6, 6.07) is -0.513. The molecule has 0 radical (unpaired) electrons. The zero-order valence-electron chi connectivity index (χ0n) is 29.2. The van der Waals surface area contributed by atoms with Gasteiger partial charge in [-0.05, 0) is 68.6 Å². The number of carbonyl (C=O) groups is 2. The Balaban J connectivity index is 1.77. The van der Waals surface area contributed by atoms with Gasteiger partial charge in [0.1, 0.15) is 17.1 Å². The number of fused-ring (bicyclic) bond motifs is 4. The molecule has 2 aromatic heterocycles. The number of aromatic nitrogens is 2. The molecule has 0 spiro atoms. The fourth-order valence-corrected chi connectivity index (χ4v) is 8.63. The van der Waals surface area contributed by atoms with Crippen molar-refractivity contribution in [1.29, 1.82) is 0 Å². The van der Waals surface area contributed by atoms with Gasteiger partial charge in [-0.15, -0.1) is 0 Å². The Hall–Kier alpha value is -3.02. The van der Waals surface area contributed by atoms with Crippen molar-refractivity contribution in [2.45, 2.75) is 110 Å². The van der Waals surface area contributed by atoms with E-state index in [0.29, 0.717) is 43.1 Å². The zero-order chi connectivity index (χ0) is 33.8. The number of Topliss-reactive ketones (excluding diaryl/α,β-unsaturated/α-hetero) is 2. The Morgan fingerprint density at radius 1 is 1.04 bits per heavy atom. The predicted molar refractivity (Wildman–Crippen MR) is 178 cm³/mol. The number of hydrogen-bond acceptors (Lipinski definition) is 10. The van der Waals surface area contributed by atoms with E-state index in [0.717, 1.165) is 31.2 Å². The average molecular weight is 654 g/mol. The van der Waals surface area contributed by atoms with Crippen LogP contribution in [0.15, 0.2) is 22.5 Å². The van der Waals surface area contributed by atoms with Crippen LogP contribution in [0.5, 0.6) is 11.6 Å². The van der Waals surface area contributed by atoms with Crippen molar-refractivity contribution in [1.82, 2.24) is 15.0 Å². The number of aliphatic hydroxyl groups excluding tert-OH is 1. The molecule has 1 unspecified atom stereocenters. The second-order valence-electron chi connectivity index (χ2n) is 15.2. The average Bonchev–Trinajstić information content (AvgIpc) is 3.37. The Morgan fingerprint density at radius 2 is 1.70 bits per heavy atom. The van der Waals surface area contributed by atoms with Gasteiger partial charge in [0.2, 0.25) is 11.6 Å². The summed E-state index contributed by atoms with van der Waals surface area (Å²) in [6.45, 7) is 17.3. The number of pyridine rings is 1. The molecule has 5 rings (SSSR count). The van der Waals surface area contributed by atoms with Gasteiger partial charge < -0.3 is 23.5 Å². The molecular weight excluding hydrogens is 602 g/mol. The van der Waals surface area contributed by atoms with E-state index in [2.05, 4.69) is 57.9 Å². The lowest BCUT2D eigenvalue weighted by Crippen LogP contribution is -2.69. The summed E-state index contributed by atoms with van der Waals surface area (Å²) in [5, 5.41) is 16.0. The molecule has 1 N–H and O–H groups in total. The first kappa shape index (κ1) is 34.3. The molecule has 252 valence electrons. The van der Waals surface area contributed by atoms with Gasteiger partial charge in [-0.3, -0.25) is 19.5 Å². The minimum Gasteiger partial charge on any atom is -0.507 e. The first-order chi connectivity index (χ1) is 21.6. The lowest BCUT2D eigenvalue weighted by Gasteiger charge is -2.57. The molecule has 4 atom stereocenters. The van der Waals surface area contributed by atoms with Crippen LogP contribution in [0, 0.1) is 11.3 Å². The lowest BCUT2D eigenvalue weighted by molar-refractivity contribution is -0.143. The maximum atomic E-state index is 15.5. The van der Waals surface area contributed by atoms with E-state index in [1.807, 2.05) is 25.9 Å². The van der Waals surface area contributed by atoms with Crippen LogP contribution in [-0.4, -0.2) is 72.9 Å². The van der Waals surface area contributed by atoms with Crippen LogP contribution in [0.4, 0.5) is 0 Å². The Morgan fingerprint density at radius 3 is 2.30 bits per heavy atom. The summed E-state index contributed by atoms with van der Waals surface area (Å²) in [7, 11) is 1.02. The van der Waals surface area contributed by atoms with Crippen molar-refractivity contribution < 1.29 is 33.1 Å². The molecule has 10 nitrogen and oxygen atoms in total. The van der Waals surface area contributed by atoms with Crippen LogP contribution in [0.2, 0.25) is 18.1 Å². The van der Waals surface area contributed by atoms with Gasteiger partial charge in [0.25, 0.3) is 5.88 Å². The summed E-state index contributed by atoms with van der Waals surface area (Å²) < 4.78 is 25.2. The first-order valence-electron chi connectivity index (χ1n) is 16.7. The van der Waals surface area contributed by atoms with Crippen LogP contribution in [0.3, 0.4) is 0 Å². The molecule has 2 aromatic rings. The number of ether oxygens (including phenoxy) is 2. The van der Waals surface area contributed by atoms with E-state index in [1.54, 1.807) is 12.4 Å². The lowest BCUT2D eigenvalue weighted by atomic mass is 9.52. The molecule has 46 heavy (non-hydrogen) atoms. The molecule has 3 aliphatic rings. The number of carbonyl (C=O) groups excluding carboxylic acids is 2. The van der Waals surface area contributed by atoms with Crippen LogP contribution in [0.25, 0.3) is 5.76 Å². The monoisotopic (exact) mass is 653 g/mol. The fourth-order valence-electron chi connectivity index (χ4n) is 7.18. The molecular formula is C35H51N3O7Si. The van der Waals surface area contributed by atoms with Crippen molar-refractivity contribution in [3.05, 3.63) is 40.4 Å². The van der Waals surface area contributed by atoms with E-state index in [4.69, 9.17) is 18.4 Å². The Bertz CT molecular complexity index is 1540. The molecule has 1 fully saturated rings. The number of rotatable bonds is 11. The van der Waals surface area contributed by atoms with Crippen molar-refractivity contribution in [3.8, 4) is 11.6 Å². The number of hydrogen-bond donors (Lipinski definition) is 1. The first-order valence-corrected chi connectivity index (χ1v) is 19.6. The van der Waals surface area contributed by atoms with Gasteiger partial charge in [0.15, 0.2) is 19.7 Å². The number of nitrogens with zero attached hydrogens (tertiary/aromatic N) is 3. The molecule has 0 aliphatic heterocycles. The molecule has 2 heterocycles. The molecule has 11 heteroatoms. The maximum absolute atomic E-state index is 15.5. The summed E-state index contributed by atoms with van der Waals surface area (Å²) in [5.74, 6) is -0.887. The second-order valence-corrected chi connectivity index (χ2v) is 20.0. The number of ketones is 2. The van der Waals surface area contributed by atoms with Crippen molar-refractivity contribution in [2.24, 2.45) is 11.3 Å². The number of unbranched alkanes of at least 4 members (excludes halogenated alkanes) is 2. The van der Waals surface area contributed by atoms with E-state index in [-0.39, 0.29) is 27.8 Å². The highest BCUT2D eigenvalue weighted by Crippen LogP contribution is 2.62. The normalized spacial score (nSPS) is 26.1. The third-order valence-corrected chi connectivity index (χ3v) is 15.0. The minimum atomic E-state index is -2.81. The van der Waals surface area contributed by atoms with Crippen molar-refractivity contribution >= 4 is 25.6 Å². The summed E-state index contributed by atoms with van der Waals surface area (Å²) >= 11 is 0. The standard InChI is InChI=1S/C35H51N3O7Si/c1-11-13-15-42-23-20-36-19-21-17-34(6)18-22-27(38(7)8)29-25(32(37-44-29)43-16-14-12-2)30(40)35(22,45-46(9,10)33(3,4)5)31(41)26(34)28(39)24(21)23/h19-20,22,27,39H,11-18H2,1-10H3/t22-,27?,34-,35+/m0/s1. The fraction of sp³-hybridized carbons (Fsp3) is 0.657. The number of aliphatic hydroxyl groups is 1. The largest absolute Gasteiger partial charge is 0.507 e. The summed E-state index contributed by atoms with van der Waals surface area (Å²) in [5.41, 5.74) is -1.09. The second kappa shape index (κ2) is 12.2. The van der Waals surface area contributed by atoms with Gasteiger partial charge in [-0.25, -0.2) is 0 Å². The Kier molecular flexibility index (Phi) is 9.11. The topological polar surface area (TPSA) is 124 Å². The highest BCUT2D eigenvalue weighted by atomic mass is 28.4. The summed E-state index contributed by atoms with van der Waals surface area (Å²) in [6.07, 6.45) is 7.62. The van der Waals surface area contributed by atoms with Gasteiger partial charge in [-0.2, -0.15) is 0 Å². The van der Waals surface area contributed by atoms with Crippen LogP contribution >= 0.6 is 0 Å². The van der Waals surface area contributed by atoms with E-state index in [9.17, 15) is 5.11 Å². The molecule has 0 saturated heterocycles. The van der Waals surface area contributed by atoms with E-state index >= 15 is 9.59 Å². The van der Waals surface area contributed by atoms with Gasteiger partial charge in [-0.1, -0.05) is 54.4 Å². The van der Waals surface area contributed by atoms with Crippen molar-refractivity contribution in [3.63, 3.8) is 0 Å². The van der Waals surface area contributed by atoms with E-state index < -0.39 is 42.9 Å². The van der Waals surface area contributed by atoms with Crippen LogP contribution in [-0.2, 0) is 15.6 Å². The van der Waals surface area contributed by atoms with Crippen molar-refractivity contribution in [2.75, 3.05) is 27.3 Å². The minimum absolute atomic E-state index is 0.0861. The van der Waals surface area contributed by atoms with Gasteiger partial charge in [0.05, 0.1) is 31.0 Å². The summed E-state index contributed by atoms with van der Waals surface area (Å²) in [4.78, 5) is 37.1. The van der Waals surface area contributed by atoms with Gasteiger partial charge in [0, 0.05) is 23.1 Å². The van der Waals surface area contributed by atoms with Gasteiger partial charge >= 0.3 is 0 Å². The quantitative estimate of drug-likeness (QED) is 0.152. The molecule has 0 amide bonds. The zero-order valence-corrected chi connectivity index (χ0v) is 30.2. The van der Waals surface area contributed by atoms with Crippen LogP contribution in [0.1, 0.15) is 107 Å². The molecule has 1 saturated carbocycles. The molecule has 0 bridgehead atoms. The highest BCUT2D eigenvalue weighted by molar-refractivity contribution is 6.74. The smallest absolute Gasteiger partial charge is 0.265 e. The third kappa shape index (κ3) is 5.32. The van der Waals surface area contributed by atoms with Crippen LogP contribution < -0.4 is 9.47 Å². The third-order valence-electron chi connectivity index (χ3n) is 10.6. The highest BCUT2D eigenvalue weighted by Gasteiger charge is 2.70. The maximum Gasteiger partial charge on any atom is 0.265 e. The Labute approximate surface area is 274 Å². The predicted octanol–water partition coefficient (Wildman–Crippen LogP) is 7.11. The molecule has 0 aromatic carbocycles.